The zero-order chi connectivity index (χ0) is 21.2. The summed E-state index contributed by atoms with van der Waals surface area (Å²) in [5.74, 6) is 0.116. The van der Waals surface area contributed by atoms with Crippen molar-refractivity contribution in [1.29, 1.82) is 0 Å². The van der Waals surface area contributed by atoms with Crippen LogP contribution in [-0.2, 0) is 20.0 Å². The zero-order valence-corrected chi connectivity index (χ0v) is 18.3. The number of ether oxygens (including phenoxy) is 2. The highest BCUT2D eigenvalue weighted by molar-refractivity contribution is 5.78. The molecule has 1 saturated carbocycles. The number of nitrogens with one attached hydrogen (secondary N) is 1. The highest BCUT2D eigenvalue weighted by Gasteiger charge is 2.54. The smallest absolute Gasteiger partial charge is 0.326 e. The molecule has 1 saturated heterocycles. The minimum absolute atomic E-state index is 0.222. The Labute approximate surface area is 180 Å². The molecule has 0 bridgehead atoms. The second-order valence-electron chi connectivity index (χ2n) is 9.55. The van der Waals surface area contributed by atoms with E-state index >= 15 is 0 Å². The number of hydrogen-bond acceptors (Lipinski definition) is 4. The summed E-state index contributed by atoms with van der Waals surface area (Å²) < 4.78 is 12.7. The summed E-state index contributed by atoms with van der Waals surface area (Å²) in [7, 11) is 0. The van der Waals surface area contributed by atoms with Crippen molar-refractivity contribution in [2.24, 2.45) is 5.92 Å². The van der Waals surface area contributed by atoms with Gasteiger partial charge in [0.25, 0.3) is 0 Å². The van der Waals surface area contributed by atoms with Gasteiger partial charge in [0.2, 0.25) is 0 Å². The Hall–Kier alpha value is -2.17. The van der Waals surface area contributed by atoms with Gasteiger partial charge in [0, 0.05) is 11.1 Å². The van der Waals surface area contributed by atoms with Crippen LogP contribution in [0.5, 0.6) is 0 Å². The maximum atomic E-state index is 13.3. The van der Waals surface area contributed by atoms with E-state index in [1.54, 1.807) is 0 Å². The van der Waals surface area contributed by atoms with Crippen molar-refractivity contribution in [2.75, 3.05) is 0 Å². The van der Waals surface area contributed by atoms with E-state index in [1.807, 2.05) is 57.2 Å². The van der Waals surface area contributed by atoms with E-state index < -0.39 is 17.4 Å². The van der Waals surface area contributed by atoms with Crippen LogP contribution in [0.1, 0.15) is 64.0 Å². The Morgan fingerprint density at radius 3 is 1.97 bits per heavy atom. The fourth-order valence-electron chi connectivity index (χ4n) is 4.81. The first kappa shape index (κ1) is 21.1. The topological polar surface area (TPSA) is 47.6 Å². The van der Waals surface area contributed by atoms with E-state index in [1.165, 1.54) is 19.3 Å². The largest absolute Gasteiger partial charge is 0.459 e. The molecule has 0 amide bonds. The second-order valence-corrected chi connectivity index (χ2v) is 9.55. The summed E-state index contributed by atoms with van der Waals surface area (Å²) in [6.45, 7) is 5.74. The average Bonchev–Trinajstić information content (AvgIpc) is 3.17. The molecular formula is C26H33NO3. The molecule has 4 nitrogen and oxygen atoms in total. The number of esters is 1. The Bertz CT molecular complexity index is 798. The summed E-state index contributed by atoms with van der Waals surface area (Å²) >= 11 is 0. The molecule has 2 aliphatic rings. The van der Waals surface area contributed by atoms with Gasteiger partial charge in [-0.05, 0) is 39.5 Å². The first-order chi connectivity index (χ1) is 14.4. The summed E-state index contributed by atoms with van der Waals surface area (Å²) in [5, 5.41) is 3.61. The molecule has 1 heterocycles. The van der Waals surface area contributed by atoms with Crippen LogP contribution < -0.4 is 5.32 Å². The van der Waals surface area contributed by atoms with Crippen LogP contribution in [0.4, 0.5) is 0 Å². The molecule has 2 aromatic rings. The van der Waals surface area contributed by atoms with Gasteiger partial charge in [0.1, 0.15) is 11.6 Å². The minimum Gasteiger partial charge on any atom is -0.459 e. The maximum Gasteiger partial charge on any atom is 0.326 e. The maximum absolute atomic E-state index is 13.3. The van der Waals surface area contributed by atoms with Crippen LogP contribution in [0, 0.1) is 5.92 Å². The van der Waals surface area contributed by atoms with Gasteiger partial charge in [-0.2, -0.15) is 0 Å². The van der Waals surface area contributed by atoms with E-state index in [0.29, 0.717) is 5.92 Å². The van der Waals surface area contributed by atoms with Gasteiger partial charge >= 0.3 is 5.97 Å². The fourth-order valence-corrected chi connectivity index (χ4v) is 4.81. The number of carbonyl (C=O) groups excluding carboxylic acids is 1. The third-order valence-electron chi connectivity index (χ3n) is 6.14. The van der Waals surface area contributed by atoms with Gasteiger partial charge in [-0.3, -0.25) is 10.1 Å². The summed E-state index contributed by atoms with van der Waals surface area (Å²) in [6.07, 6.45) is 5.60. The number of hydrogen-bond donors (Lipinski definition) is 1. The molecule has 30 heavy (non-hydrogen) atoms. The highest BCUT2D eigenvalue weighted by Crippen LogP contribution is 2.43. The van der Waals surface area contributed by atoms with Gasteiger partial charge in [0.05, 0.1) is 6.10 Å². The Morgan fingerprint density at radius 1 is 0.933 bits per heavy atom. The van der Waals surface area contributed by atoms with Crippen LogP contribution in [0.25, 0.3) is 0 Å². The molecule has 4 heteroatoms. The quantitative estimate of drug-likeness (QED) is 0.711. The number of rotatable bonds is 4. The predicted molar refractivity (Wildman–Crippen MR) is 118 cm³/mol. The second kappa shape index (κ2) is 8.52. The van der Waals surface area contributed by atoms with E-state index in [9.17, 15) is 4.79 Å². The Kier molecular flexibility index (Phi) is 5.99. The summed E-state index contributed by atoms with van der Waals surface area (Å²) in [6, 6.07) is 19.8. The van der Waals surface area contributed by atoms with Crippen molar-refractivity contribution >= 4 is 5.97 Å². The summed E-state index contributed by atoms with van der Waals surface area (Å²) in [5.41, 5.74) is 0.596. The van der Waals surface area contributed by atoms with Gasteiger partial charge < -0.3 is 9.47 Å². The fraction of sp³-hybridized carbons (Fsp3) is 0.500. The first-order valence-corrected chi connectivity index (χ1v) is 11.2. The first-order valence-electron chi connectivity index (χ1n) is 11.2. The molecule has 0 spiro atoms. The highest BCUT2D eigenvalue weighted by atomic mass is 16.6. The lowest BCUT2D eigenvalue weighted by Crippen LogP contribution is -2.49. The molecule has 2 atom stereocenters. The molecule has 2 aromatic carbocycles. The standard InChI is InChI=1S/C26H33NO3/c1-25(2,3)30-24(28)22-23(19-13-7-4-8-14-19)29-26(27-22,20-15-9-5-10-16-20)21-17-11-6-12-18-21/h5-6,9-12,15-19,22-23,27H,4,7-8,13-14H2,1-3H3/t22-,23+/m1/s1. The lowest BCUT2D eigenvalue weighted by molar-refractivity contribution is -0.159. The Balaban J connectivity index is 1.76. The SMILES string of the molecule is CC(C)(C)OC(=O)[C@@H]1NC(c2ccccc2)(c2ccccc2)O[C@H]1C1CCCCC1. The molecule has 0 radical (unpaired) electrons. The molecule has 2 fully saturated rings. The Morgan fingerprint density at radius 2 is 1.47 bits per heavy atom. The van der Waals surface area contributed by atoms with Crippen molar-refractivity contribution in [3.8, 4) is 0 Å². The van der Waals surface area contributed by atoms with Crippen molar-refractivity contribution in [1.82, 2.24) is 5.32 Å². The molecule has 160 valence electrons. The van der Waals surface area contributed by atoms with Crippen LogP contribution in [0.3, 0.4) is 0 Å². The molecular weight excluding hydrogens is 374 g/mol. The number of benzene rings is 2. The van der Waals surface area contributed by atoms with Gasteiger partial charge in [-0.15, -0.1) is 0 Å². The number of carbonyl (C=O) groups is 1. The zero-order valence-electron chi connectivity index (χ0n) is 18.3. The molecule has 0 aromatic heterocycles. The third kappa shape index (κ3) is 4.30. The summed E-state index contributed by atoms with van der Waals surface area (Å²) in [4.78, 5) is 13.3. The average molecular weight is 408 g/mol. The third-order valence-corrected chi connectivity index (χ3v) is 6.14. The van der Waals surface area contributed by atoms with Crippen LogP contribution in [0.15, 0.2) is 60.7 Å². The molecule has 4 rings (SSSR count). The molecule has 0 unspecified atom stereocenters. The molecule has 1 N–H and O–H groups in total. The lowest BCUT2D eigenvalue weighted by atomic mass is 9.83. The van der Waals surface area contributed by atoms with E-state index in [0.717, 1.165) is 24.0 Å². The van der Waals surface area contributed by atoms with E-state index in [4.69, 9.17) is 9.47 Å². The molecule has 1 aliphatic heterocycles. The van der Waals surface area contributed by atoms with Crippen LogP contribution in [-0.4, -0.2) is 23.7 Å². The normalized spacial score (nSPS) is 24.5. The van der Waals surface area contributed by atoms with E-state index in [2.05, 4.69) is 29.6 Å². The monoisotopic (exact) mass is 407 g/mol. The van der Waals surface area contributed by atoms with E-state index in [-0.39, 0.29) is 12.1 Å². The van der Waals surface area contributed by atoms with Crippen molar-refractivity contribution in [3.05, 3.63) is 71.8 Å². The van der Waals surface area contributed by atoms with Crippen molar-refractivity contribution in [3.63, 3.8) is 0 Å². The van der Waals surface area contributed by atoms with Crippen molar-refractivity contribution in [2.45, 2.75) is 76.3 Å². The van der Waals surface area contributed by atoms with Crippen molar-refractivity contribution < 1.29 is 14.3 Å². The van der Waals surface area contributed by atoms with Gasteiger partial charge in [0.15, 0.2) is 5.72 Å². The van der Waals surface area contributed by atoms with Gasteiger partial charge in [-0.25, -0.2) is 0 Å². The lowest BCUT2D eigenvalue weighted by Gasteiger charge is -2.33. The minimum atomic E-state index is -0.869. The van der Waals surface area contributed by atoms with Gasteiger partial charge in [-0.1, -0.05) is 79.9 Å². The van der Waals surface area contributed by atoms with Crippen LogP contribution in [0.2, 0.25) is 0 Å². The van der Waals surface area contributed by atoms with Crippen LogP contribution >= 0.6 is 0 Å². The molecule has 1 aliphatic carbocycles. The predicted octanol–water partition coefficient (Wildman–Crippen LogP) is 5.17.